The smallest absolute Gasteiger partial charge is 0.240 e. The zero-order valence-corrected chi connectivity index (χ0v) is 15.4. The summed E-state index contributed by atoms with van der Waals surface area (Å²) in [7, 11) is 0. The molecule has 4 aliphatic rings. The number of benzene rings is 1. The number of amides is 1. The Morgan fingerprint density at radius 2 is 1.92 bits per heavy atom. The van der Waals surface area contributed by atoms with Gasteiger partial charge in [-0.25, -0.2) is 5.43 Å². The topological polar surface area (TPSA) is 70.9 Å². The van der Waals surface area contributed by atoms with Crippen LogP contribution in [0, 0.1) is 23.2 Å². The number of hydrazone groups is 1. The summed E-state index contributed by atoms with van der Waals surface area (Å²) in [6.45, 7) is 2.35. The standard InChI is InChI=1S/C21H28N2O3/c1-2-26-18-5-3-4-17(20(18)25)13-22-23-19(24)12-21-9-14-6-15(10-21)8-16(7-14)11-21/h3-5,13-16,25H,2,6-12H2,1H3,(H,23,24)/b22-13+. The second kappa shape index (κ2) is 6.93. The van der Waals surface area contributed by atoms with Gasteiger partial charge in [-0.2, -0.15) is 5.10 Å². The van der Waals surface area contributed by atoms with E-state index in [-0.39, 0.29) is 17.1 Å². The van der Waals surface area contributed by atoms with Gasteiger partial charge in [-0.1, -0.05) is 6.07 Å². The fraction of sp³-hybridized carbons (Fsp3) is 0.619. The summed E-state index contributed by atoms with van der Waals surface area (Å²) in [4.78, 5) is 12.5. The number of phenols is 1. The van der Waals surface area contributed by atoms with E-state index in [2.05, 4.69) is 10.5 Å². The van der Waals surface area contributed by atoms with Crippen LogP contribution in [-0.4, -0.2) is 23.8 Å². The van der Waals surface area contributed by atoms with Crippen LogP contribution in [-0.2, 0) is 4.79 Å². The Bertz CT molecular complexity index is 678. The molecule has 0 heterocycles. The van der Waals surface area contributed by atoms with Crippen LogP contribution in [0.25, 0.3) is 0 Å². The van der Waals surface area contributed by atoms with E-state index in [0.717, 1.165) is 17.8 Å². The quantitative estimate of drug-likeness (QED) is 0.601. The lowest BCUT2D eigenvalue weighted by atomic mass is 9.49. The van der Waals surface area contributed by atoms with Gasteiger partial charge in [-0.15, -0.1) is 0 Å². The highest BCUT2D eigenvalue weighted by molar-refractivity contribution is 5.86. The minimum absolute atomic E-state index is 0.0105. The molecule has 0 atom stereocenters. The van der Waals surface area contributed by atoms with Crippen molar-refractivity contribution in [3.63, 3.8) is 0 Å². The average Bonchev–Trinajstić information content (AvgIpc) is 2.56. The third kappa shape index (κ3) is 3.44. The Morgan fingerprint density at radius 1 is 1.27 bits per heavy atom. The van der Waals surface area contributed by atoms with Crippen molar-refractivity contribution in [3.05, 3.63) is 23.8 Å². The molecular weight excluding hydrogens is 328 g/mol. The van der Waals surface area contributed by atoms with E-state index < -0.39 is 0 Å². The van der Waals surface area contributed by atoms with E-state index in [1.165, 1.54) is 44.7 Å². The zero-order chi connectivity index (χ0) is 18.1. The SMILES string of the molecule is CCOc1cccc(/C=N/NC(=O)CC23CC4CC(CC(C4)C2)C3)c1O. The summed E-state index contributed by atoms with van der Waals surface area (Å²) in [5, 5.41) is 14.2. The maximum atomic E-state index is 12.5. The molecule has 5 heteroatoms. The first-order valence-electron chi connectivity index (χ1n) is 9.83. The Morgan fingerprint density at radius 3 is 2.54 bits per heavy atom. The Hall–Kier alpha value is -2.04. The number of carbonyl (C=O) groups excluding carboxylic acids is 1. The number of ether oxygens (including phenoxy) is 1. The molecule has 5 nitrogen and oxygen atoms in total. The molecule has 1 aromatic carbocycles. The van der Waals surface area contributed by atoms with E-state index in [4.69, 9.17) is 4.74 Å². The largest absolute Gasteiger partial charge is 0.504 e. The maximum absolute atomic E-state index is 12.5. The summed E-state index contributed by atoms with van der Waals surface area (Å²) in [6, 6.07) is 5.25. The van der Waals surface area contributed by atoms with Crippen LogP contribution in [0.15, 0.2) is 23.3 Å². The van der Waals surface area contributed by atoms with Gasteiger partial charge >= 0.3 is 0 Å². The normalized spacial score (nSPS) is 32.1. The molecule has 1 amide bonds. The van der Waals surface area contributed by atoms with Gasteiger partial charge in [-0.3, -0.25) is 4.79 Å². The number of nitrogens with zero attached hydrogens (tertiary/aromatic N) is 1. The predicted molar refractivity (Wildman–Crippen MR) is 100 cm³/mol. The monoisotopic (exact) mass is 356 g/mol. The Balaban J connectivity index is 1.36. The van der Waals surface area contributed by atoms with Crippen LogP contribution in [0.2, 0.25) is 0 Å². The first-order chi connectivity index (χ1) is 12.6. The summed E-state index contributed by atoms with van der Waals surface area (Å²) in [5.41, 5.74) is 3.41. The van der Waals surface area contributed by atoms with Crippen molar-refractivity contribution in [2.75, 3.05) is 6.61 Å². The minimum Gasteiger partial charge on any atom is -0.504 e. The molecule has 0 aliphatic heterocycles. The summed E-state index contributed by atoms with van der Waals surface area (Å²) >= 11 is 0. The molecule has 140 valence electrons. The van der Waals surface area contributed by atoms with Gasteiger partial charge in [0.15, 0.2) is 11.5 Å². The van der Waals surface area contributed by atoms with Crippen molar-refractivity contribution < 1.29 is 14.6 Å². The van der Waals surface area contributed by atoms with Crippen molar-refractivity contribution in [2.45, 2.75) is 51.9 Å². The van der Waals surface area contributed by atoms with E-state index in [0.29, 0.717) is 24.3 Å². The fourth-order valence-electron chi connectivity index (χ4n) is 5.98. The van der Waals surface area contributed by atoms with Crippen LogP contribution in [0.1, 0.15) is 57.4 Å². The van der Waals surface area contributed by atoms with Crippen LogP contribution >= 0.6 is 0 Å². The van der Waals surface area contributed by atoms with Gasteiger partial charge in [-0.05, 0) is 80.8 Å². The lowest BCUT2D eigenvalue weighted by Crippen LogP contribution is -2.47. The van der Waals surface area contributed by atoms with Crippen LogP contribution in [0.3, 0.4) is 0 Å². The van der Waals surface area contributed by atoms with Crippen molar-refractivity contribution in [1.29, 1.82) is 0 Å². The minimum atomic E-state index is -0.0105. The van der Waals surface area contributed by atoms with E-state index >= 15 is 0 Å². The van der Waals surface area contributed by atoms with Crippen molar-refractivity contribution in [2.24, 2.45) is 28.3 Å². The lowest BCUT2D eigenvalue weighted by molar-refractivity contribution is -0.129. The van der Waals surface area contributed by atoms with Crippen molar-refractivity contribution in [1.82, 2.24) is 5.43 Å². The van der Waals surface area contributed by atoms with Gasteiger partial charge in [0.05, 0.1) is 12.8 Å². The molecular formula is C21H28N2O3. The highest BCUT2D eigenvalue weighted by atomic mass is 16.5. The number of para-hydroxylation sites is 1. The molecule has 1 aromatic rings. The van der Waals surface area contributed by atoms with Crippen LogP contribution in [0.5, 0.6) is 11.5 Å². The van der Waals surface area contributed by atoms with Crippen molar-refractivity contribution >= 4 is 12.1 Å². The second-order valence-corrected chi connectivity index (χ2v) is 8.51. The molecule has 0 aromatic heterocycles. The van der Waals surface area contributed by atoms with Gasteiger partial charge in [0, 0.05) is 12.0 Å². The lowest BCUT2D eigenvalue weighted by Gasteiger charge is -2.56. The number of hydrogen-bond acceptors (Lipinski definition) is 4. The van der Waals surface area contributed by atoms with E-state index in [9.17, 15) is 9.90 Å². The number of phenolic OH excluding ortho intramolecular Hbond substituents is 1. The first kappa shape index (κ1) is 17.4. The molecule has 0 saturated heterocycles. The highest BCUT2D eigenvalue weighted by Crippen LogP contribution is 2.61. The number of nitrogens with one attached hydrogen (secondary N) is 1. The van der Waals surface area contributed by atoms with Crippen molar-refractivity contribution in [3.8, 4) is 11.5 Å². The first-order valence-corrected chi connectivity index (χ1v) is 9.83. The van der Waals surface area contributed by atoms with Gasteiger partial charge in [0.1, 0.15) is 0 Å². The third-order valence-electron chi connectivity index (χ3n) is 6.42. The second-order valence-electron chi connectivity index (χ2n) is 8.51. The fourth-order valence-corrected chi connectivity index (χ4v) is 5.98. The molecule has 4 aliphatic carbocycles. The number of carbonyl (C=O) groups is 1. The van der Waals surface area contributed by atoms with Gasteiger partial charge in [0.2, 0.25) is 5.91 Å². The number of rotatable bonds is 6. The maximum Gasteiger partial charge on any atom is 0.240 e. The molecule has 0 radical (unpaired) electrons. The molecule has 4 saturated carbocycles. The predicted octanol–water partition coefficient (Wildman–Crippen LogP) is 3.85. The van der Waals surface area contributed by atoms with E-state index in [1.807, 2.05) is 6.92 Å². The molecule has 4 bridgehead atoms. The number of aromatic hydroxyl groups is 1. The molecule has 26 heavy (non-hydrogen) atoms. The van der Waals surface area contributed by atoms with Crippen LogP contribution in [0.4, 0.5) is 0 Å². The van der Waals surface area contributed by atoms with Gasteiger partial charge in [0.25, 0.3) is 0 Å². The Kier molecular flexibility index (Phi) is 4.63. The summed E-state index contributed by atoms with van der Waals surface area (Å²) in [5.74, 6) is 3.00. The highest BCUT2D eigenvalue weighted by Gasteiger charge is 2.51. The number of hydrogen-bond donors (Lipinski definition) is 2. The molecule has 0 unspecified atom stereocenters. The molecule has 4 fully saturated rings. The molecule has 5 rings (SSSR count). The van der Waals surface area contributed by atoms with E-state index in [1.54, 1.807) is 18.2 Å². The third-order valence-corrected chi connectivity index (χ3v) is 6.42. The summed E-state index contributed by atoms with van der Waals surface area (Å²) in [6.07, 6.45) is 9.86. The molecule has 2 N–H and O–H groups in total. The zero-order valence-electron chi connectivity index (χ0n) is 15.4. The molecule has 0 spiro atoms. The average molecular weight is 356 g/mol. The Labute approximate surface area is 154 Å². The summed E-state index contributed by atoms with van der Waals surface area (Å²) < 4.78 is 5.36. The van der Waals surface area contributed by atoms with Crippen LogP contribution < -0.4 is 10.2 Å². The van der Waals surface area contributed by atoms with Gasteiger partial charge < -0.3 is 9.84 Å².